The summed E-state index contributed by atoms with van der Waals surface area (Å²) < 4.78 is 6.82. The predicted molar refractivity (Wildman–Crippen MR) is 50.0 cm³/mol. The first-order valence-electron chi connectivity index (χ1n) is 4.29. The quantitative estimate of drug-likeness (QED) is 0.688. The maximum absolute atomic E-state index is 11.6. The Hall–Kier alpha value is -1.84. The number of carbonyl (C=O) groups excluding carboxylic acids is 1. The third-order valence-electron chi connectivity index (χ3n) is 1.91. The van der Waals surface area contributed by atoms with Crippen LogP contribution in [0.2, 0.25) is 0 Å². The Balaban J connectivity index is 2.10. The fourth-order valence-electron chi connectivity index (χ4n) is 1.22. The van der Waals surface area contributed by atoms with Gasteiger partial charge in [-0.2, -0.15) is 0 Å². The number of Topliss-reactive ketones (excluding diaryl/α,β-unsaturated/α-hetero) is 1. The first-order chi connectivity index (χ1) is 6.75. The zero-order chi connectivity index (χ0) is 9.97. The van der Waals surface area contributed by atoms with Gasteiger partial charge in [-0.25, -0.2) is 4.98 Å². The van der Waals surface area contributed by atoms with Crippen LogP contribution < -0.4 is 0 Å². The van der Waals surface area contributed by atoms with Crippen LogP contribution in [0.5, 0.6) is 0 Å². The van der Waals surface area contributed by atoms with Gasteiger partial charge in [0.15, 0.2) is 5.78 Å². The Morgan fingerprint density at radius 3 is 3.07 bits per heavy atom. The van der Waals surface area contributed by atoms with Crippen LogP contribution in [0.1, 0.15) is 16.2 Å². The molecule has 4 nitrogen and oxygen atoms in total. The number of carbonyl (C=O) groups is 1. The topological polar surface area (TPSA) is 48.0 Å². The molecule has 0 bridgehead atoms. The summed E-state index contributed by atoms with van der Waals surface area (Å²) in [6, 6.07) is 3.54. The van der Waals surface area contributed by atoms with Crippen molar-refractivity contribution in [3.8, 4) is 0 Å². The van der Waals surface area contributed by atoms with Gasteiger partial charge in [0.05, 0.1) is 19.0 Å². The molecule has 0 radical (unpaired) electrons. The van der Waals surface area contributed by atoms with Gasteiger partial charge in [0.25, 0.3) is 0 Å². The van der Waals surface area contributed by atoms with Crippen molar-refractivity contribution >= 4 is 5.78 Å². The van der Waals surface area contributed by atoms with E-state index in [0.29, 0.717) is 11.5 Å². The average Bonchev–Trinajstić information content (AvgIpc) is 2.75. The lowest BCUT2D eigenvalue weighted by atomic mass is 10.2. The highest BCUT2D eigenvalue weighted by molar-refractivity contribution is 5.95. The maximum Gasteiger partial charge on any atom is 0.190 e. The minimum Gasteiger partial charge on any atom is -0.469 e. The zero-order valence-electron chi connectivity index (χ0n) is 7.80. The Morgan fingerprint density at radius 1 is 1.64 bits per heavy atom. The second-order valence-electron chi connectivity index (χ2n) is 3.10. The van der Waals surface area contributed by atoms with E-state index >= 15 is 0 Å². The molecule has 2 rings (SSSR count). The van der Waals surface area contributed by atoms with E-state index in [1.807, 2.05) is 7.05 Å². The summed E-state index contributed by atoms with van der Waals surface area (Å²) in [5, 5.41) is 0. The van der Waals surface area contributed by atoms with Gasteiger partial charge in [0, 0.05) is 13.2 Å². The van der Waals surface area contributed by atoms with Crippen LogP contribution in [0.4, 0.5) is 0 Å². The fraction of sp³-hybridized carbons (Fsp3) is 0.200. The molecule has 4 heteroatoms. The van der Waals surface area contributed by atoms with Crippen LogP contribution in [-0.2, 0) is 13.5 Å². The summed E-state index contributed by atoms with van der Waals surface area (Å²) in [6.07, 6.45) is 5.13. The summed E-state index contributed by atoms with van der Waals surface area (Å²) in [7, 11) is 1.83. The van der Waals surface area contributed by atoms with E-state index in [-0.39, 0.29) is 12.2 Å². The molecule has 0 N–H and O–H groups in total. The van der Waals surface area contributed by atoms with Crippen molar-refractivity contribution in [2.45, 2.75) is 6.42 Å². The lowest BCUT2D eigenvalue weighted by Gasteiger charge is -1.92. The molecule has 0 aliphatic rings. The average molecular weight is 190 g/mol. The Bertz CT molecular complexity index is 429. The largest absolute Gasteiger partial charge is 0.469 e. The van der Waals surface area contributed by atoms with E-state index in [4.69, 9.17) is 4.42 Å². The van der Waals surface area contributed by atoms with Crippen LogP contribution in [0.25, 0.3) is 0 Å². The summed E-state index contributed by atoms with van der Waals surface area (Å²) >= 11 is 0. The number of hydrogen-bond donors (Lipinski definition) is 0. The molecule has 2 heterocycles. The molecule has 0 spiro atoms. The van der Waals surface area contributed by atoms with E-state index in [1.54, 1.807) is 35.5 Å². The van der Waals surface area contributed by atoms with Gasteiger partial charge in [-0.05, 0) is 12.1 Å². The van der Waals surface area contributed by atoms with Crippen molar-refractivity contribution < 1.29 is 9.21 Å². The van der Waals surface area contributed by atoms with Gasteiger partial charge in [0.1, 0.15) is 11.5 Å². The number of aromatic nitrogens is 2. The van der Waals surface area contributed by atoms with Crippen molar-refractivity contribution in [2.75, 3.05) is 0 Å². The number of furan rings is 1. The molecule has 0 amide bonds. The molecule has 0 aliphatic heterocycles. The number of hydrogen-bond acceptors (Lipinski definition) is 3. The number of ketones is 1. The monoisotopic (exact) mass is 190 g/mol. The molecule has 0 saturated carbocycles. The molecule has 0 fully saturated rings. The van der Waals surface area contributed by atoms with Crippen LogP contribution in [-0.4, -0.2) is 15.3 Å². The molecule has 0 aliphatic carbocycles. The molecule has 2 aromatic heterocycles. The highest BCUT2D eigenvalue weighted by atomic mass is 16.3. The Labute approximate surface area is 81.2 Å². The van der Waals surface area contributed by atoms with Crippen molar-refractivity contribution in [3.05, 3.63) is 42.4 Å². The molecular formula is C10H10N2O2. The second kappa shape index (κ2) is 3.49. The zero-order valence-corrected chi connectivity index (χ0v) is 7.80. The second-order valence-corrected chi connectivity index (χ2v) is 3.10. The first kappa shape index (κ1) is 8.74. The van der Waals surface area contributed by atoms with Crippen LogP contribution in [0.3, 0.4) is 0 Å². The van der Waals surface area contributed by atoms with Gasteiger partial charge in [-0.3, -0.25) is 4.79 Å². The number of nitrogens with zero attached hydrogens (tertiary/aromatic N) is 2. The summed E-state index contributed by atoms with van der Waals surface area (Å²) in [6.45, 7) is 0. The first-order valence-corrected chi connectivity index (χ1v) is 4.29. The van der Waals surface area contributed by atoms with Crippen LogP contribution in [0, 0.1) is 0 Å². The van der Waals surface area contributed by atoms with Gasteiger partial charge in [-0.15, -0.1) is 0 Å². The number of imidazole rings is 1. The molecule has 14 heavy (non-hydrogen) atoms. The number of aryl methyl sites for hydroxylation is 1. The summed E-state index contributed by atoms with van der Waals surface area (Å²) in [4.78, 5) is 15.6. The third-order valence-corrected chi connectivity index (χ3v) is 1.91. The summed E-state index contributed by atoms with van der Waals surface area (Å²) in [5.74, 6) is 0.640. The van der Waals surface area contributed by atoms with Crippen molar-refractivity contribution in [3.63, 3.8) is 0 Å². The minimum absolute atomic E-state index is 0.0273. The van der Waals surface area contributed by atoms with Crippen molar-refractivity contribution in [1.82, 2.24) is 9.55 Å². The highest BCUT2D eigenvalue weighted by Gasteiger charge is 2.10. The maximum atomic E-state index is 11.6. The number of rotatable bonds is 3. The van der Waals surface area contributed by atoms with Crippen LogP contribution in [0.15, 0.2) is 35.3 Å². The molecule has 72 valence electrons. The third kappa shape index (κ3) is 1.74. The molecule has 0 atom stereocenters. The lowest BCUT2D eigenvalue weighted by Crippen LogP contribution is -2.02. The van der Waals surface area contributed by atoms with Gasteiger partial charge < -0.3 is 8.98 Å². The SMILES string of the molecule is Cn1cnc(C(=O)Cc2ccco2)c1. The van der Waals surface area contributed by atoms with Crippen LogP contribution >= 0.6 is 0 Å². The lowest BCUT2D eigenvalue weighted by molar-refractivity contribution is 0.0982. The molecule has 0 aromatic carbocycles. The minimum atomic E-state index is -0.0273. The van der Waals surface area contributed by atoms with Gasteiger partial charge in [0.2, 0.25) is 0 Å². The molecule has 2 aromatic rings. The van der Waals surface area contributed by atoms with Gasteiger partial charge in [-0.1, -0.05) is 0 Å². The van der Waals surface area contributed by atoms with Gasteiger partial charge >= 0.3 is 0 Å². The summed E-state index contributed by atoms with van der Waals surface area (Å²) in [5.41, 5.74) is 0.476. The van der Waals surface area contributed by atoms with Crippen molar-refractivity contribution in [2.24, 2.45) is 7.05 Å². The normalized spacial score (nSPS) is 10.4. The Kier molecular flexibility index (Phi) is 2.18. The standard InChI is InChI=1S/C10H10N2O2/c1-12-6-9(11-7-12)10(13)5-8-3-2-4-14-8/h2-4,6-7H,5H2,1H3. The molecule has 0 saturated heterocycles. The van der Waals surface area contributed by atoms with E-state index in [1.165, 1.54) is 0 Å². The molecule has 0 unspecified atom stereocenters. The van der Waals surface area contributed by atoms with E-state index < -0.39 is 0 Å². The van der Waals surface area contributed by atoms with E-state index in [0.717, 1.165) is 0 Å². The highest BCUT2D eigenvalue weighted by Crippen LogP contribution is 2.05. The fourth-order valence-corrected chi connectivity index (χ4v) is 1.22. The predicted octanol–water partition coefficient (Wildman–Crippen LogP) is 1.44. The smallest absolute Gasteiger partial charge is 0.190 e. The van der Waals surface area contributed by atoms with Crippen molar-refractivity contribution in [1.29, 1.82) is 0 Å². The van der Waals surface area contributed by atoms with E-state index in [2.05, 4.69) is 4.98 Å². The Morgan fingerprint density at radius 2 is 2.50 bits per heavy atom. The van der Waals surface area contributed by atoms with E-state index in [9.17, 15) is 4.79 Å². The molecular weight excluding hydrogens is 180 g/mol.